The number of carbonyl (C=O) groups is 3. The maximum absolute atomic E-state index is 11.9. The highest BCUT2D eigenvalue weighted by molar-refractivity contribution is 6.39. The quantitative estimate of drug-likeness (QED) is 0.639. The summed E-state index contributed by atoms with van der Waals surface area (Å²) < 4.78 is 5.15. The average molecular weight is 341 g/mol. The van der Waals surface area contributed by atoms with E-state index in [0.717, 1.165) is 5.69 Å². The van der Waals surface area contributed by atoms with Crippen LogP contribution in [0.5, 0.6) is 5.88 Å². The fourth-order valence-corrected chi connectivity index (χ4v) is 2.10. The van der Waals surface area contributed by atoms with Gasteiger partial charge < -0.3 is 15.4 Å². The maximum Gasteiger partial charge on any atom is 0.313 e. The van der Waals surface area contributed by atoms with Gasteiger partial charge in [0, 0.05) is 29.1 Å². The molecule has 0 saturated heterocycles. The molecule has 0 aliphatic heterocycles. The van der Waals surface area contributed by atoms with Crippen LogP contribution in [0, 0.1) is 6.92 Å². The van der Waals surface area contributed by atoms with Gasteiger partial charge >= 0.3 is 11.8 Å². The van der Waals surface area contributed by atoms with Gasteiger partial charge in [0.1, 0.15) is 0 Å². The number of pyridine rings is 1. The van der Waals surface area contributed by atoms with Crippen molar-refractivity contribution in [2.45, 2.75) is 20.4 Å². The largest absolute Gasteiger partial charge is 0.481 e. The number of rotatable bonds is 5. The van der Waals surface area contributed by atoms with Crippen LogP contribution in [0.1, 0.15) is 28.5 Å². The van der Waals surface area contributed by atoms with Gasteiger partial charge in [-0.3, -0.25) is 14.4 Å². The van der Waals surface area contributed by atoms with Gasteiger partial charge in [-0.15, -0.1) is 0 Å². The topological polar surface area (TPSA) is 97.4 Å². The van der Waals surface area contributed by atoms with Gasteiger partial charge in [-0.05, 0) is 44.2 Å². The third-order valence-electron chi connectivity index (χ3n) is 3.47. The molecular weight excluding hydrogens is 322 g/mol. The monoisotopic (exact) mass is 341 g/mol. The number of hydrogen-bond donors (Lipinski definition) is 2. The molecule has 0 aliphatic rings. The van der Waals surface area contributed by atoms with E-state index >= 15 is 0 Å². The van der Waals surface area contributed by atoms with Crippen molar-refractivity contribution < 1.29 is 19.1 Å². The molecule has 0 aliphatic carbocycles. The van der Waals surface area contributed by atoms with Crippen molar-refractivity contribution in [2.75, 3.05) is 12.4 Å². The van der Waals surface area contributed by atoms with E-state index in [1.807, 2.05) is 6.92 Å². The molecule has 2 N–H and O–H groups in total. The Morgan fingerprint density at radius 2 is 1.72 bits per heavy atom. The fraction of sp³-hybridized carbons (Fsp3) is 0.222. The van der Waals surface area contributed by atoms with Crippen molar-refractivity contribution in [1.29, 1.82) is 0 Å². The number of aryl methyl sites for hydroxylation is 1. The van der Waals surface area contributed by atoms with Gasteiger partial charge in [0.15, 0.2) is 5.78 Å². The summed E-state index contributed by atoms with van der Waals surface area (Å²) >= 11 is 0. The van der Waals surface area contributed by atoms with Crippen molar-refractivity contribution in [2.24, 2.45) is 0 Å². The van der Waals surface area contributed by atoms with Crippen LogP contribution in [-0.4, -0.2) is 29.7 Å². The molecule has 0 fully saturated rings. The third kappa shape index (κ3) is 4.87. The second-order valence-electron chi connectivity index (χ2n) is 5.39. The number of ketones is 1. The minimum Gasteiger partial charge on any atom is -0.481 e. The van der Waals surface area contributed by atoms with Crippen LogP contribution in [0.25, 0.3) is 0 Å². The van der Waals surface area contributed by atoms with E-state index in [1.165, 1.54) is 14.0 Å². The van der Waals surface area contributed by atoms with Crippen molar-refractivity contribution >= 4 is 23.3 Å². The van der Waals surface area contributed by atoms with E-state index in [-0.39, 0.29) is 12.3 Å². The molecule has 0 atom stereocenters. The second kappa shape index (κ2) is 8.05. The van der Waals surface area contributed by atoms with Gasteiger partial charge in [0.2, 0.25) is 5.88 Å². The van der Waals surface area contributed by atoms with Gasteiger partial charge in [-0.1, -0.05) is 6.07 Å². The molecule has 7 heteroatoms. The van der Waals surface area contributed by atoms with E-state index in [4.69, 9.17) is 4.74 Å². The first-order valence-electron chi connectivity index (χ1n) is 7.61. The Morgan fingerprint density at radius 1 is 1.04 bits per heavy atom. The highest BCUT2D eigenvalue weighted by Crippen LogP contribution is 2.15. The molecule has 0 radical (unpaired) electrons. The zero-order valence-corrected chi connectivity index (χ0v) is 14.3. The molecule has 1 aromatic carbocycles. The Labute approximate surface area is 145 Å². The van der Waals surface area contributed by atoms with Crippen LogP contribution in [0.4, 0.5) is 5.69 Å². The zero-order valence-electron chi connectivity index (χ0n) is 14.3. The number of amides is 2. The van der Waals surface area contributed by atoms with Gasteiger partial charge in [-0.25, -0.2) is 4.98 Å². The first-order chi connectivity index (χ1) is 11.9. The van der Waals surface area contributed by atoms with E-state index in [0.29, 0.717) is 22.7 Å². The number of carbonyl (C=O) groups excluding carboxylic acids is 3. The number of ether oxygens (including phenoxy) is 1. The lowest BCUT2D eigenvalue weighted by Crippen LogP contribution is -2.35. The van der Waals surface area contributed by atoms with Crippen LogP contribution in [0.15, 0.2) is 36.4 Å². The molecule has 0 saturated carbocycles. The molecule has 0 unspecified atom stereocenters. The lowest BCUT2D eigenvalue weighted by Gasteiger charge is -2.10. The summed E-state index contributed by atoms with van der Waals surface area (Å²) in [4.78, 5) is 39.3. The standard InChI is InChI=1S/C18H19N3O4/c1-11-4-5-14(18(20-11)25-3)10-19-16(23)17(24)21-15-8-6-13(7-9-15)12(2)22/h4-9H,10H2,1-3H3,(H,19,23)(H,21,24). The predicted molar refractivity (Wildman–Crippen MR) is 92.4 cm³/mol. The summed E-state index contributed by atoms with van der Waals surface area (Å²) in [7, 11) is 1.49. The maximum atomic E-state index is 11.9. The van der Waals surface area contributed by atoms with Gasteiger partial charge in [0.05, 0.1) is 7.11 Å². The molecule has 2 rings (SSSR count). The van der Waals surface area contributed by atoms with Gasteiger partial charge in [-0.2, -0.15) is 0 Å². The second-order valence-corrected chi connectivity index (χ2v) is 5.39. The minimum atomic E-state index is -0.797. The molecule has 2 aromatic rings. The van der Waals surface area contributed by atoms with Crippen LogP contribution in [0.3, 0.4) is 0 Å². The summed E-state index contributed by atoms with van der Waals surface area (Å²) in [5, 5.41) is 4.99. The molecule has 1 aromatic heterocycles. The van der Waals surface area contributed by atoms with E-state index in [9.17, 15) is 14.4 Å². The van der Waals surface area contributed by atoms with Crippen LogP contribution in [-0.2, 0) is 16.1 Å². The zero-order chi connectivity index (χ0) is 18.4. The number of anilines is 1. The minimum absolute atomic E-state index is 0.0729. The number of nitrogens with zero attached hydrogens (tertiary/aromatic N) is 1. The number of aromatic nitrogens is 1. The fourth-order valence-electron chi connectivity index (χ4n) is 2.10. The van der Waals surface area contributed by atoms with E-state index < -0.39 is 11.8 Å². The third-order valence-corrected chi connectivity index (χ3v) is 3.47. The van der Waals surface area contributed by atoms with Gasteiger partial charge in [0.25, 0.3) is 0 Å². The molecule has 25 heavy (non-hydrogen) atoms. The molecule has 130 valence electrons. The SMILES string of the molecule is COc1nc(C)ccc1CNC(=O)C(=O)Nc1ccc(C(C)=O)cc1. The Balaban J connectivity index is 1.94. The normalized spacial score (nSPS) is 10.0. The number of benzene rings is 1. The van der Waals surface area contributed by atoms with Crippen molar-refractivity contribution in [3.63, 3.8) is 0 Å². The van der Waals surface area contributed by atoms with Crippen molar-refractivity contribution in [3.05, 3.63) is 53.2 Å². The van der Waals surface area contributed by atoms with E-state index in [1.54, 1.807) is 36.4 Å². The summed E-state index contributed by atoms with van der Waals surface area (Å²) in [6.45, 7) is 3.40. The Hall–Kier alpha value is -3.22. The lowest BCUT2D eigenvalue weighted by atomic mass is 10.1. The summed E-state index contributed by atoms with van der Waals surface area (Å²) in [6.07, 6.45) is 0. The van der Waals surface area contributed by atoms with Crippen LogP contribution in [0.2, 0.25) is 0 Å². The van der Waals surface area contributed by atoms with E-state index in [2.05, 4.69) is 15.6 Å². The summed E-state index contributed by atoms with van der Waals surface area (Å²) in [6, 6.07) is 9.86. The predicted octanol–water partition coefficient (Wildman–Crippen LogP) is 1.86. The first-order valence-corrected chi connectivity index (χ1v) is 7.61. The lowest BCUT2D eigenvalue weighted by molar-refractivity contribution is -0.136. The van der Waals surface area contributed by atoms with Crippen LogP contribution >= 0.6 is 0 Å². The summed E-state index contributed by atoms with van der Waals surface area (Å²) in [5.41, 5.74) is 2.42. The van der Waals surface area contributed by atoms with Crippen molar-refractivity contribution in [3.8, 4) is 5.88 Å². The Bertz CT molecular complexity index is 800. The molecule has 0 spiro atoms. The first kappa shape index (κ1) is 18.1. The van der Waals surface area contributed by atoms with Crippen molar-refractivity contribution in [1.82, 2.24) is 10.3 Å². The molecule has 2 amide bonds. The Morgan fingerprint density at radius 3 is 2.32 bits per heavy atom. The molecule has 7 nitrogen and oxygen atoms in total. The number of Topliss-reactive ketones (excluding diaryl/α,β-unsaturated/α-hetero) is 1. The highest BCUT2D eigenvalue weighted by Gasteiger charge is 2.15. The Kier molecular flexibility index (Phi) is 5.84. The highest BCUT2D eigenvalue weighted by atomic mass is 16.5. The number of methoxy groups -OCH3 is 1. The summed E-state index contributed by atoms with van der Waals surface area (Å²) in [5.74, 6) is -1.25. The molecule has 0 bridgehead atoms. The molecule has 1 heterocycles. The number of nitrogens with one attached hydrogen (secondary N) is 2. The smallest absolute Gasteiger partial charge is 0.313 e. The molecular formula is C18H19N3O4. The average Bonchev–Trinajstić information content (AvgIpc) is 2.60. The number of hydrogen-bond acceptors (Lipinski definition) is 5. The van der Waals surface area contributed by atoms with Crippen LogP contribution < -0.4 is 15.4 Å².